The van der Waals surface area contributed by atoms with Gasteiger partial charge in [0.05, 0.1) is 17.3 Å². The van der Waals surface area contributed by atoms with Gasteiger partial charge in [0.2, 0.25) is 5.88 Å². The zero-order valence-electron chi connectivity index (χ0n) is 15.3. The lowest BCUT2D eigenvalue weighted by molar-refractivity contribution is -0.118. The molecule has 2 aromatic heterocycles. The van der Waals surface area contributed by atoms with E-state index in [9.17, 15) is 9.59 Å². The molecule has 2 aromatic rings. The van der Waals surface area contributed by atoms with Crippen LogP contribution in [0.15, 0.2) is 30.6 Å². The Morgan fingerprint density at radius 1 is 1.41 bits per heavy atom. The molecular weight excluding hydrogens is 344 g/mol. The first-order chi connectivity index (χ1) is 13.2. The average molecular weight is 366 g/mol. The van der Waals surface area contributed by atoms with Gasteiger partial charge in [0, 0.05) is 18.9 Å². The molecule has 0 aromatic carbocycles. The second-order valence-electron chi connectivity index (χ2n) is 6.87. The van der Waals surface area contributed by atoms with E-state index in [-0.39, 0.29) is 24.5 Å². The Morgan fingerprint density at radius 2 is 2.30 bits per heavy atom. The molecule has 7 heteroatoms. The van der Waals surface area contributed by atoms with E-state index in [0.29, 0.717) is 23.7 Å². The van der Waals surface area contributed by atoms with Gasteiger partial charge in [0.15, 0.2) is 6.61 Å². The third-order valence-corrected chi connectivity index (χ3v) is 4.98. The quantitative estimate of drug-likeness (QED) is 0.899. The molecule has 1 aliphatic carbocycles. The van der Waals surface area contributed by atoms with Crippen molar-refractivity contribution in [2.75, 3.05) is 18.5 Å². The lowest BCUT2D eigenvalue weighted by Gasteiger charge is -2.35. The molecule has 1 N–H and O–H groups in total. The molecule has 1 unspecified atom stereocenters. The van der Waals surface area contributed by atoms with Gasteiger partial charge in [-0.3, -0.25) is 14.6 Å². The number of fused-ring (bicyclic) bond motifs is 2. The van der Waals surface area contributed by atoms with Gasteiger partial charge in [-0.1, -0.05) is 13.0 Å². The summed E-state index contributed by atoms with van der Waals surface area (Å²) in [4.78, 5) is 35.5. The topological polar surface area (TPSA) is 84.4 Å². The summed E-state index contributed by atoms with van der Waals surface area (Å²) in [5.41, 5.74) is 3.09. The highest BCUT2D eigenvalue weighted by Gasteiger charge is 2.31. The van der Waals surface area contributed by atoms with Crippen LogP contribution >= 0.6 is 0 Å². The Kier molecular flexibility index (Phi) is 4.75. The van der Waals surface area contributed by atoms with E-state index in [1.54, 1.807) is 12.3 Å². The van der Waals surface area contributed by atoms with E-state index in [1.165, 1.54) is 11.8 Å². The summed E-state index contributed by atoms with van der Waals surface area (Å²) >= 11 is 0. The van der Waals surface area contributed by atoms with Gasteiger partial charge < -0.3 is 15.0 Å². The van der Waals surface area contributed by atoms with Gasteiger partial charge in [-0.2, -0.15) is 0 Å². The largest absolute Gasteiger partial charge is 0.466 e. The van der Waals surface area contributed by atoms with E-state index in [0.717, 1.165) is 31.4 Å². The number of nitrogens with zero attached hydrogens (tertiary/aromatic N) is 3. The molecule has 0 fully saturated rings. The van der Waals surface area contributed by atoms with Gasteiger partial charge in [0.25, 0.3) is 11.8 Å². The summed E-state index contributed by atoms with van der Waals surface area (Å²) in [5, 5.41) is 2.71. The van der Waals surface area contributed by atoms with Crippen molar-refractivity contribution in [3.8, 4) is 5.88 Å². The predicted octanol–water partition coefficient (Wildman–Crippen LogP) is 2.74. The maximum atomic E-state index is 13.3. The molecule has 1 aliphatic heterocycles. The fraction of sp³-hybridized carbons (Fsp3) is 0.400. The Hall–Kier alpha value is -2.96. The standard InChI is InChI=1S/C20H22N4O3/c1-2-9-24(16-7-3-5-13-6-4-8-21-18(13)16)20(26)14-10-15-19(22-11-14)27-12-17(25)23-15/h4,6,8,10-11,16H,2-3,5,7,9,12H2,1H3,(H,23,25). The highest BCUT2D eigenvalue weighted by Crippen LogP contribution is 2.34. The van der Waals surface area contributed by atoms with Crippen LogP contribution in [0.4, 0.5) is 5.69 Å². The van der Waals surface area contributed by atoms with Crippen LogP contribution in [-0.2, 0) is 11.2 Å². The molecule has 0 spiro atoms. The minimum atomic E-state index is -0.246. The molecule has 0 saturated carbocycles. The number of hydrogen-bond acceptors (Lipinski definition) is 5. The maximum Gasteiger partial charge on any atom is 0.262 e. The second kappa shape index (κ2) is 7.34. The molecule has 2 aliphatic rings. The van der Waals surface area contributed by atoms with Crippen LogP contribution in [0, 0.1) is 0 Å². The van der Waals surface area contributed by atoms with E-state index in [4.69, 9.17) is 4.74 Å². The van der Waals surface area contributed by atoms with Gasteiger partial charge in [-0.25, -0.2) is 4.98 Å². The number of nitrogens with one attached hydrogen (secondary N) is 1. The van der Waals surface area contributed by atoms with E-state index < -0.39 is 0 Å². The number of pyridine rings is 2. The van der Waals surface area contributed by atoms with Crippen molar-refractivity contribution < 1.29 is 14.3 Å². The number of carbonyl (C=O) groups is 2. The molecule has 1 atom stereocenters. The first kappa shape index (κ1) is 17.5. The molecule has 4 rings (SSSR count). The third-order valence-electron chi connectivity index (χ3n) is 4.98. The first-order valence-electron chi connectivity index (χ1n) is 9.35. The highest BCUT2D eigenvalue weighted by atomic mass is 16.5. The van der Waals surface area contributed by atoms with Crippen molar-refractivity contribution >= 4 is 17.5 Å². The molecule has 140 valence electrons. The molecule has 27 heavy (non-hydrogen) atoms. The predicted molar refractivity (Wildman–Crippen MR) is 99.6 cm³/mol. The number of amides is 2. The molecular formula is C20H22N4O3. The molecule has 0 radical (unpaired) electrons. The van der Waals surface area contributed by atoms with Crippen molar-refractivity contribution in [2.24, 2.45) is 0 Å². The lowest BCUT2D eigenvalue weighted by atomic mass is 9.90. The molecule has 7 nitrogen and oxygen atoms in total. The van der Waals surface area contributed by atoms with E-state index in [2.05, 4.69) is 28.3 Å². The van der Waals surface area contributed by atoms with E-state index in [1.807, 2.05) is 11.0 Å². The number of carbonyl (C=O) groups excluding carboxylic acids is 2. The van der Waals surface area contributed by atoms with Crippen molar-refractivity contribution in [1.29, 1.82) is 0 Å². The number of rotatable bonds is 4. The van der Waals surface area contributed by atoms with E-state index >= 15 is 0 Å². The highest BCUT2D eigenvalue weighted by molar-refractivity contribution is 5.99. The first-order valence-corrected chi connectivity index (χ1v) is 9.35. The van der Waals surface area contributed by atoms with Crippen molar-refractivity contribution in [3.63, 3.8) is 0 Å². The van der Waals surface area contributed by atoms with Crippen LogP contribution < -0.4 is 10.1 Å². The van der Waals surface area contributed by atoms with Crippen molar-refractivity contribution in [1.82, 2.24) is 14.9 Å². The smallest absolute Gasteiger partial charge is 0.262 e. The number of anilines is 1. The summed E-state index contributed by atoms with van der Waals surface area (Å²) in [6, 6.07) is 5.65. The summed E-state index contributed by atoms with van der Waals surface area (Å²) in [6.45, 7) is 2.64. The Balaban J connectivity index is 1.66. The molecule has 2 amide bonds. The van der Waals surface area contributed by atoms with Crippen LogP contribution in [-0.4, -0.2) is 39.8 Å². The maximum absolute atomic E-state index is 13.3. The minimum absolute atomic E-state index is 0.0377. The number of aryl methyl sites for hydroxylation is 1. The van der Waals surface area contributed by atoms with Crippen LogP contribution in [0.5, 0.6) is 5.88 Å². The normalized spacial score (nSPS) is 18.0. The van der Waals surface area contributed by atoms with Gasteiger partial charge in [0.1, 0.15) is 5.69 Å². The number of aromatic nitrogens is 2. The fourth-order valence-electron chi connectivity index (χ4n) is 3.79. The zero-order valence-corrected chi connectivity index (χ0v) is 15.3. The molecule has 3 heterocycles. The van der Waals surface area contributed by atoms with Crippen molar-refractivity contribution in [2.45, 2.75) is 38.6 Å². The van der Waals surface area contributed by atoms with Crippen LogP contribution in [0.1, 0.15) is 53.8 Å². The van der Waals surface area contributed by atoms with Gasteiger partial charge >= 0.3 is 0 Å². The summed E-state index contributed by atoms with van der Waals surface area (Å²) in [6.07, 6.45) is 7.08. The Bertz CT molecular complexity index is 883. The Labute approximate surface area is 157 Å². The Morgan fingerprint density at radius 3 is 3.15 bits per heavy atom. The number of ether oxygens (including phenoxy) is 1. The fourth-order valence-corrected chi connectivity index (χ4v) is 3.79. The lowest BCUT2D eigenvalue weighted by Crippen LogP contribution is -2.38. The summed E-state index contributed by atoms with van der Waals surface area (Å²) in [7, 11) is 0. The molecule has 0 bridgehead atoms. The minimum Gasteiger partial charge on any atom is -0.466 e. The number of hydrogen-bond donors (Lipinski definition) is 1. The average Bonchev–Trinajstić information content (AvgIpc) is 2.70. The third kappa shape index (κ3) is 3.37. The van der Waals surface area contributed by atoms with Gasteiger partial charge in [-0.05, 0) is 43.4 Å². The van der Waals surface area contributed by atoms with Crippen LogP contribution in [0.2, 0.25) is 0 Å². The second-order valence-corrected chi connectivity index (χ2v) is 6.87. The molecule has 0 saturated heterocycles. The van der Waals surface area contributed by atoms with Crippen LogP contribution in [0.3, 0.4) is 0 Å². The van der Waals surface area contributed by atoms with Crippen LogP contribution in [0.25, 0.3) is 0 Å². The monoisotopic (exact) mass is 366 g/mol. The SMILES string of the molecule is CCCN(C(=O)c1cnc2c(c1)NC(=O)CO2)C1CCCc2cccnc21. The van der Waals surface area contributed by atoms with Gasteiger partial charge in [-0.15, -0.1) is 0 Å². The summed E-state index contributed by atoms with van der Waals surface area (Å²) < 4.78 is 5.28. The zero-order chi connectivity index (χ0) is 18.8. The summed E-state index contributed by atoms with van der Waals surface area (Å²) in [5.74, 6) is -0.00179. The van der Waals surface area contributed by atoms with Crippen molar-refractivity contribution in [3.05, 3.63) is 47.4 Å².